The van der Waals surface area contributed by atoms with Crippen molar-refractivity contribution in [3.8, 4) is 0 Å². The normalized spacial score (nSPS) is 11.6. The second-order valence-electron chi connectivity index (χ2n) is 6.95. The van der Waals surface area contributed by atoms with Crippen LogP contribution < -0.4 is 0 Å². The zero-order valence-corrected chi connectivity index (χ0v) is 17.9. The Kier molecular flexibility index (Phi) is 7.63. The van der Waals surface area contributed by atoms with Crippen LogP contribution in [0.2, 0.25) is 0 Å². The van der Waals surface area contributed by atoms with Crippen molar-refractivity contribution >= 4 is 33.4 Å². The third-order valence-electron chi connectivity index (χ3n) is 3.76. The fourth-order valence-corrected chi connectivity index (χ4v) is 2.68. The van der Waals surface area contributed by atoms with E-state index >= 15 is 0 Å². The van der Waals surface area contributed by atoms with Crippen LogP contribution in [0.4, 0.5) is 0 Å². The molecule has 1 aromatic carbocycles. The van der Waals surface area contributed by atoms with Gasteiger partial charge in [0, 0.05) is 18.6 Å². The minimum absolute atomic E-state index is 0.140. The first-order valence-corrected chi connectivity index (χ1v) is 8.88. The van der Waals surface area contributed by atoms with E-state index in [4.69, 9.17) is 9.47 Å². The molecule has 0 aliphatic rings. The van der Waals surface area contributed by atoms with Crippen molar-refractivity contribution in [2.45, 2.75) is 20.8 Å². The molecule has 0 fully saturated rings. The summed E-state index contributed by atoms with van der Waals surface area (Å²) in [5, 5.41) is 0. The van der Waals surface area contributed by atoms with Gasteiger partial charge in [0.2, 0.25) is 0 Å². The van der Waals surface area contributed by atoms with Gasteiger partial charge in [0.05, 0.1) is 19.9 Å². The third kappa shape index (κ3) is 5.46. The second-order valence-corrected chi connectivity index (χ2v) is 7.87. The molecule has 0 N–H and O–H groups in total. The molecule has 0 saturated heterocycles. The number of hydrogen-bond acceptors (Lipinski definition) is 5. The van der Waals surface area contributed by atoms with Gasteiger partial charge >= 0.3 is 11.9 Å². The summed E-state index contributed by atoms with van der Waals surface area (Å²) in [5.41, 5.74) is 2.02. The number of esters is 2. The van der Waals surface area contributed by atoms with E-state index in [2.05, 4.69) is 36.7 Å². The molecule has 0 aromatic heterocycles. The lowest BCUT2D eigenvalue weighted by Gasteiger charge is -2.26. The second kappa shape index (κ2) is 9.03. The summed E-state index contributed by atoms with van der Waals surface area (Å²) < 4.78 is 10.6. The summed E-state index contributed by atoms with van der Waals surface area (Å²) in [6.07, 6.45) is 1.84. The summed E-state index contributed by atoms with van der Waals surface area (Å²) in [7, 11) is 6.00. The maximum absolute atomic E-state index is 12.2. The minimum Gasteiger partial charge on any atom is -0.465 e. The van der Waals surface area contributed by atoms with Crippen molar-refractivity contribution in [1.82, 2.24) is 4.90 Å². The molecule has 1 aromatic rings. The first-order valence-electron chi connectivity index (χ1n) is 8.09. The zero-order valence-electron chi connectivity index (χ0n) is 16.3. The van der Waals surface area contributed by atoms with Crippen LogP contribution in [0.1, 0.15) is 26.3 Å². The van der Waals surface area contributed by atoms with Crippen LogP contribution in [0.25, 0.3) is 5.57 Å². The van der Waals surface area contributed by atoms with Crippen molar-refractivity contribution in [2.75, 3.05) is 28.3 Å². The number of likely N-dealkylation sites (N-methyl/N-ethyl adjacent to an activating group) is 1. The van der Waals surface area contributed by atoms with Crippen LogP contribution in [-0.2, 0) is 19.1 Å². The van der Waals surface area contributed by atoms with E-state index in [-0.39, 0.29) is 11.0 Å². The monoisotopic (exact) mass is 423 g/mol. The molecular formula is C20H26BrNO4. The summed E-state index contributed by atoms with van der Waals surface area (Å²) in [4.78, 5) is 26.2. The molecule has 1 rings (SSSR count). The van der Waals surface area contributed by atoms with Crippen molar-refractivity contribution in [3.05, 3.63) is 51.6 Å². The molecule has 0 radical (unpaired) electrons. The van der Waals surface area contributed by atoms with Gasteiger partial charge in [0.25, 0.3) is 0 Å². The molecular weight excluding hydrogens is 398 g/mol. The summed E-state index contributed by atoms with van der Waals surface area (Å²) in [6.45, 7) is 6.22. The van der Waals surface area contributed by atoms with Crippen molar-refractivity contribution in [1.29, 1.82) is 0 Å². The van der Waals surface area contributed by atoms with E-state index in [1.54, 1.807) is 19.0 Å². The number of benzene rings is 1. The molecule has 0 unspecified atom stereocenters. The highest BCUT2D eigenvalue weighted by atomic mass is 79.9. The van der Waals surface area contributed by atoms with Crippen LogP contribution >= 0.6 is 15.9 Å². The highest BCUT2D eigenvalue weighted by molar-refractivity contribution is 9.10. The topological polar surface area (TPSA) is 55.8 Å². The largest absolute Gasteiger partial charge is 0.465 e. The highest BCUT2D eigenvalue weighted by Gasteiger charge is 2.27. The van der Waals surface area contributed by atoms with Gasteiger partial charge in [-0.25, -0.2) is 9.59 Å². The Balaban J connectivity index is 3.76. The number of allylic oxidation sites excluding steroid dienone is 2. The molecule has 0 aliphatic heterocycles. The number of carbonyl (C=O) groups is 2. The van der Waals surface area contributed by atoms with Crippen molar-refractivity contribution < 1.29 is 19.1 Å². The SMILES string of the molecule is COC(=O)C(C(=O)OC)=C(/C=C(/c1ccc(Br)cc1)C(C)(C)C)N(C)C. The average Bonchev–Trinajstić information content (AvgIpc) is 2.57. The summed E-state index contributed by atoms with van der Waals surface area (Å²) in [5.74, 6) is -1.47. The van der Waals surface area contributed by atoms with Crippen molar-refractivity contribution in [3.63, 3.8) is 0 Å². The predicted octanol–water partition coefficient (Wildman–Crippen LogP) is 4.04. The van der Waals surface area contributed by atoms with E-state index in [1.807, 2.05) is 30.3 Å². The number of nitrogens with zero attached hydrogens (tertiary/aromatic N) is 1. The average molecular weight is 424 g/mol. The lowest BCUT2D eigenvalue weighted by molar-refractivity contribution is -0.144. The van der Waals surface area contributed by atoms with Crippen LogP contribution in [0.3, 0.4) is 0 Å². The molecule has 5 nitrogen and oxygen atoms in total. The van der Waals surface area contributed by atoms with E-state index in [9.17, 15) is 9.59 Å². The first-order chi connectivity index (χ1) is 12.0. The number of carbonyl (C=O) groups excluding carboxylic acids is 2. The van der Waals surface area contributed by atoms with Gasteiger partial charge in [-0.05, 0) is 34.8 Å². The van der Waals surface area contributed by atoms with Gasteiger partial charge in [0.1, 0.15) is 0 Å². The van der Waals surface area contributed by atoms with Crippen LogP contribution in [0, 0.1) is 5.41 Å². The fourth-order valence-electron chi connectivity index (χ4n) is 2.42. The van der Waals surface area contributed by atoms with Gasteiger partial charge in [-0.1, -0.05) is 48.8 Å². The van der Waals surface area contributed by atoms with Gasteiger partial charge in [-0.3, -0.25) is 0 Å². The number of rotatable bonds is 5. The first kappa shape index (κ1) is 22.0. The standard InChI is InChI=1S/C20H26BrNO4/c1-20(2,3)15(13-8-10-14(21)11-9-13)12-16(22(4)5)17(18(23)25-6)19(24)26-7/h8-12H,1-7H3/b15-12-. The van der Waals surface area contributed by atoms with Crippen LogP contribution in [-0.4, -0.2) is 45.2 Å². The Bertz CT molecular complexity index is 707. The Labute approximate surface area is 163 Å². The van der Waals surface area contributed by atoms with Gasteiger partial charge in [-0.2, -0.15) is 0 Å². The molecule has 0 amide bonds. The maximum Gasteiger partial charge on any atom is 0.347 e. The number of methoxy groups -OCH3 is 2. The van der Waals surface area contributed by atoms with Crippen LogP contribution in [0.15, 0.2) is 46.1 Å². The van der Waals surface area contributed by atoms with Gasteiger partial charge in [0.15, 0.2) is 5.57 Å². The van der Waals surface area contributed by atoms with E-state index in [1.165, 1.54) is 14.2 Å². The lowest BCUT2D eigenvalue weighted by Crippen LogP contribution is -2.24. The third-order valence-corrected chi connectivity index (χ3v) is 4.29. The van der Waals surface area contributed by atoms with E-state index in [0.717, 1.165) is 15.6 Å². The molecule has 6 heteroatoms. The van der Waals surface area contributed by atoms with Crippen molar-refractivity contribution in [2.24, 2.45) is 5.41 Å². The fraction of sp³-hybridized carbons (Fsp3) is 0.400. The predicted molar refractivity (Wildman–Crippen MR) is 106 cm³/mol. The summed E-state index contributed by atoms with van der Waals surface area (Å²) >= 11 is 3.44. The minimum atomic E-state index is -0.735. The van der Waals surface area contributed by atoms with Crippen LogP contribution in [0.5, 0.6) is 0 Å². The molecule has 0 saturated carbocycles. The maximum atomic E-state index is 12.2. The molecule has 0 bridgehead atoms. The number of ether oxygens (including phenoxy) is 2. The van der Waals surface area contributed by atoms with Gasteiger partial charge in [-0.15, -0.1) is 0 Å². The van der Waals surface area contributed by atoms with E-state index in [0.29, 0.717) is 5.70 Å². The summed E-state index contributed by atoms with van der Waals surface area (Å²) in [6, 6.07) is 7.89. The van der Waals surface area contributed by atoms with Gasteiger partial charge < -0.3 is 14.4 Å². The molecule has 142 valence electrons. The number of halogens is 1. The Morgan fingerprint density at radius 2 is 1.46 bits per heavy atom. The molecule has 0 heterocycles. The highest BCUT2D eigenvalue weighted by Crippen LogP contribution is 2.36. The Morgan fingerprint density at radius 3 is 1.81 bits per heavy atom. The number of hydrogen-bond donors (Lipinski definition) is 0. The molecule has 0 atom stereocenters. The molecule has 0 aliphatic carbocycles. The molecule has 0 spiro atoms. The lowest BCUT2D eigenvalue weighted by atomic mass is 9.81. The zero-order chi connectivity index (χ0) is 20.1. The quantitative estimate of drug-likeness (QED) is 0.235. The smallest absolute Gasteiger partial charge is 0.347 e. The van der Waals surface area contributed by atoms with E-state index < -0.39 is 11.9 Å². The molecule has 26 heavy (non-hydrogen) atoms. The Hall–Kier alpha value is -2.08. The Morgan fingerprint density at radius 1 is 1.00 bits per heavy atom.